The number of benzene rings is 2. The lowest BCUT2D eigenvalue weighted by molar-refractivity contribution is -0.137. The molecule has 0 saturated heterocycles. The molecule has 0 atom stereocenters. The topological polar surface area (TPSA) is 37.8 Å². The van der Waals surface area contributed by atoms with Crippen molar-refractivity contribution in [3.05, 3.63) is 66.2 Å². The highest BCUT2D eigenvalue weighted by Crippen LogP contribution is 2.35. The molecule has 0 aliphatic rings. The van der Waals surface area contributed by atoms with Crippen molar-refractivity contribution in [1.82, 2.24) is 9.97 Å². The van der Waals surface area contributed by atoms with Gasteiger partial charge < -0.3 is 5.32 Å². The highest BCUT2D eigenvalue weighted by Gasteiger charge is 2.30. The fourth-order valence-electron chi connectivity index (χ4n) is 2.56. The molecule has 1 N–H and O–H groups in total. The van der Waals surface area contributed by atoms with Crippen molar-refractivity contribution in [1.29, 1.82) is 0 Å². The maximum atomic E-state index is 15.0. The van der Waals surface area contributed by atoms with Crippen molar-refractivity contribution in [2.24, 2.45) is 0 Å². The standard InChI is InChI=1S/C19H15F4N3/c1-2-24-18-25-10-13(11-26-18)16-8-4-7-15(17(16)20)12-5-3-6-14(9-12)19(21,22)23/h3-11H,2H2,1H3,(H,24,25,26). The van der Waals surface area contributed by atoms with Crippen molar-refractivity contribution < 1.29 is 17.6 Å². The molecule has 0 radical (unpaired) electrons. The molecule has 0 spiro atoms. The van der Waals surface area contributed by atoms with Gasteiger partial charge in [0.05, 0.1) is 5.56 Å². The number of nitrogens with one attached hydrogen (secondary N) is 1. The van der Waals surface area contributed by atoms with Crippen molar-refractivity contribution in [3.63, 3.8) is 0 Å². The molecule has 0 saturated carbocycles. The summed E-state index contributed by atoms with van der Waals surface area (Å²) >= 11 is 0. The predicted octanol–water partition coefficient (Wildman–Crippen LogP) is 5.40. The average Bonchev–Trinajstić information content (AvgIpc) is 2.62. The molecule has 0 amide bonds. The third-order valence-corrected chi connectivity index (χ3v) is 3.80. The molecular formula is C19H15F4N3. The molecule has 0 aliphatic carbocycles. The SMILES string of the molecule is CCNc1ncc(-c2cccc(-c3cccc(C(F)(F)F)c3)c2F)cn1. The van der Waals surface area contributed by atoms with Gasteiger partial charge >= 0.3 is 6.18 Å². The lowest BCUT2D eigenvalue weighted by Gasteiger charge is -2.11. The normalized spacial score (nSPS) is 11.4. The number of nitrogens with zero attached hydrogens (tertiary/aromatic N) is 2. The first-order valence-electron chi connectivity index (χ1n) is 7.92. The molecule has 3 nitrogen and oxygen atoms in total. The molecule has 1 aromatic heterocycles. The van der Waals surface area contributed by atoms with Crippen LogP contribution in [0.1, 0.15) is 12.5 Å². The van der Waals surface area contributed by atoms with Crippen molar-refractivity contribution >= 4 is 5.95 Å². The van der Waals surface area contributed by atoms with E-state index in [-0.39, 0.29) is 16.7 Å². The van der Waals surface area contributed by atoms with E-state index in [0.717, 1.165) is 12.1 Å². The Morgan fingerprint density at radius 3 is 2.15 bits per heavy atom. The third-order valence-electron chi connectivity index (χ3n) is 3.80. The summed E-state index contributed by atoms with van der Waals surface area (Å²) in [6.07, 6.45) is -1.54. The first-order valence-corrected chi connectivity index (χ1v) is 7.92. The second-order valence-electron chi connectivity index (χ2n) is 5.57. The monoisotopic (exact) mass is 361 g/mol. The molecule has 0 bridgehead atoms. The fourth-order valence-corrected chi connectivity index (χ4v) is 2.56. The highest BCUT2D eigenvalue weighted by atomic mass is 19.4. The van der Waals surface area contributed by atoms with E-state index in [1.807, 2.05) is 6.92 Å². The van der Waals surface area contributed by atoms with Crippen LogP contribution in [0.3, 0.4) is 0 Å². The number of halogens is 4. The molecule has 2 aromatic carbocycles. The molecule has 0 unspecified atom stereocenters. The molecule has 0 aliphatic heterocycles. The Morgan fingerprint density at radius 2 is 1.54 bits per heavy atom. The molecular weight excluding hydrogens is 346 g/mol. The maximum absolute atomic E-state index is 15.0. The van der Waals surface area contributed by atoms with E-state index in [9.17, 15) is 17.6 Å². The van der Waals surface area contributed by atoms with Gasteiger partial charge in [-0.05, 0) is 24.6 Å². The van der Waals surface area contributed by atoms with Gasteiger partial charge in [-0.1, -0.05) is 30.3 Å². The van der Waals surface area contributed by atoms with Crippen molar-refractivity contribution in [2.45, 2.75) is 13.1 Å². The number of hydrogen-bond donors (Lipinski definition) is 1. The van der Waals surface area contributed by atoms with E-state index in [1.54, 1.807) is 6.07 Å². The van der Waals surface area contributed by atoms with Crippen LogP contribution in [-0.4, -0.2) is 16.5 Å². The van der Waals surface area contributed by atoms with Gasteiger partial charge in [0.25, 0.3) is 0 Å². The molecule has 1 heterocycles. The Kier molecular flexibility index (Phi) is 4.88. The summed E-state index contributed by atoms with van der Waals surface area (Å²) in [7, 11) is 0. The zero-order valence-electron chi connectivity index (χ0n) is 13.8. The summed E-state index contributed by atoms with van der Waals surface area (Å²) in [5.74, 6) is -0.197. The predicted molar refractivity (Wildman–Crippen MR) is 92.0 cm³/mol. The lowest BCUT2D eigenvalue weighted by Crippen LogP contribution is -2.04. The zero-order valence-corrected chi connectivity index (χ0v) is 13.8. The quantitative estimate of drug-likeness (QED) is 0.632. The van der Waals surface area contributed by atoms with Crippen LogP contribution < -0.4 is 5.32 Å². The van der Waals surface area contributed by atoms with Crippen LogP contribution in [0.5, 0.6) is 0 Å². The number of anilines is 1. The minimum absolute atomic E-state index is 0.0874. The zero-order chi connectivity index (χ0) is 18.7. The van der Waals surface area contributed by atoms with Crippen LogP contribution >= 0.6 is 0 Å². The maximum Gasteiger partial charge on any atom is 0.416 e. The van der Waals surface area contributed by atoms with E-state index in [1.165, 1.54) is 36.7 Å². The van der Waals surface area contributed by atoms with Crippen LogP contribution in [0.15, 0.2) is 54.9 Å². The number of aromatic nitrogens is 2. The molecule has 7 heteroatoms. The van der Waals surface area contributed by atoms with Crippen LogP contribution in [-0.2, 0) is 6.18 Å². The second-order valence-corrected chi connectivity index (χ2v) is 5.57. The van der Waals surface area contributed by atoms with Gasteiger partial charge in [0, 0.05) is 35.6 Å². The summed E-state index contributed by atoms with van der Waals surface area (Å²) in [4.78, 5) is 8.19. The smallest absolute Gasteiger partial charge is 0.355 e. The van der Waals surface area contributed by atoms with Crippen LogP contribution in [0.25, 0.3) is 22.3 Å². The van der Waals surface area contributed by atoms with Gasteiger partial charge in [-0.3, -0.25) is 0 Å². The molecule has 26 heavy (non-hydrogen) atoms. The van der Waals surface area contributed by atoms with Gasteiger partial charge in [0.2, 0.25) is 5.95 Å². The van der Waals surface area contributed by atoms with Crippen LogP contribution in [0.2, 0.25) is 0 Å². The fraction of sp³-hybridized carbons (Fsp3) is 0.158. The first kappa shape index (κ1) is 17.8. The van der Waals surface area contributed by atoms with Crippen LogP contribution in [0, 0.1) is 5.82 Å². The minimum Gasteiger partial charge on any atom is -0.355 e. The number of hydrogen-bond acceptors (Lipinski definition) is 3. The summed E-state index contributed by atoms with van der Waals surface area (Å²) in [6.45, 7) is 2.55. The largest absolute Gasteiger partial charge is 0.416 e. The molecule has 3 aromatic rings. The molecule has 0 fully saturated rings. The van der Waals surface area contributed by atoms with Gasteiger partial charge in [-0.15, -0.1) is 0 Å². The summed E-state index contributed by atoms with van der Waals surface area (Å²) in [5, 5.41) is 2.94. The van der Waals surface area contributed by atoms with Gasteiger partial charge in [0.1, 0.15) is 5.82 Å². The lowest BCUT2D eigenvalue weighted by atomic mass is 9.98. The van der Waals surface area contributed by atoms with E-state index in [2.05, 4.69) is 15.3 Å². The summed E-state index contributed by atoms with van der Waals surface area (Å²) < 4.78 is 53.7. The third kappa shape index (κ3) is 3.66. The van der Waals surface area contributed by atoms with Crippen molar-refractivity contribution in [2.75, 3.05) is 11.9 Å². The first-order chi connectivity index (χ1) is 12.4. The molecule has 3 rings (SSSR count). The van der Waals surface area contributed by atoms with Gasteiger partial charge in [0.15, 0.2) is 0 Å². The molecule has 134 valence electrons. The summed E-state index contributed by atoms with van der Waals surface area (Å²) in [5.41, 5.74) is 0.0905. The number of rotatable bonds is 4. The average molecular weight is 361 g/mol. The Balaban J connectivity index is 2.03. The Bertz CT molecular complexity index is 905. The Hall–Kier alpha value is -2.96. The van der Waals surface area contributed by atoms with E-state index < -0.39 is 17.6 Å². The van der Waals surface area contributed by atoms with Crippen molar-refractivity contribution in [3.8, 4) is 22.3 Å². The summed E-state index contributed by atoms with van der Waals surface area (Å²) in [6, 6.07) is 9.18. The second kappa shape index (κ2) is 7.11. The van der Waals surface area contributed by atoms with Gasteiger partial charge in [-0.2, -0.15) is 13.2 Å². The van der Waals surface area contributed by atoms with E-state index in [0.29, 0.717) is 18.1 Å². The minimum atomic E-state index is -4.49. The highest BCUT2D eigenvalue weighted by molar-refractivity contribution is 5.74. The van der Waals surface area contributed by atoms with E-state index in [4.69, 9.17) is 0 Å². The Labute approximate surface area is 147 Å². The van der Waals surface area contributed by atoms with E-state index >= 15 is 0 Å². The van der Waals surface area contributed by atoms with Crippen LogP contribution in [0.4, 0.5) is 23.5 Å². The van der Waals surface area contributed by atoms with Gasteiger partial charge in [-0.25, -0.2) is 14.4 Å². The number of alkyl halides is 3. The Morgan fingerprint density at radius 1 is 0.923 bits per heavy atom.